The third-order valence-corrected chi connectivity index (χ3v) is 3.70. The highest BCUT2D eigenvalue weighted by Crippen LogP contribution is 2.03. The summed E-state index contributed by atoms with van der Waals surface area (Å²) >= 11 is 1.60. The highest BCUT2D eigenvalue weighted by atomic mass is 32.1. The standard InChI is InChI=1S/C13H15N3S/c1-10-6-4-5-7-12(10)8-14-15-13-16(3)11(2)9-17-13/h4-9H,1-3H3/b14-8+,15-13+. The second-order valence-corrected chi connectivity index (χ2v) is 4.76. The van der Waals surface area contributed by atoms with Crippen molar-refractivity contribution >= 4 is 17.6 Å². The van der Waals surface area contributed by atoms with E-state index in [1.54, 1.807) is 17.6 Å². The molecular weight excluding hydrogens is 230 g/mol. The van der Waals surface area contributed by atoms with E-state index in [9.17, 15) is 0 Å². The van der Waals surface area contributed by atoms with Crippen LogP contribution in [-0.2, 0) is 7.05 Å². The van der Waals surface area contributed by atoms with Gasteiger partial charge < -0.3 is 4.57 Å². The van der Waals surface area contributed by atoms with Crippen molar-refractivity contribution in [1.29, 1.82) is 0 Å². The van der Waals surface area contributed by atoms with Gasteiger partial charge in [0.05, 0.1) is 6.21 Å². The van der Waals surface area contributed by atoms with Crippen LogP contribution in [0.2, 0.25) is 0 Å². The Morgan fingerprint density at radius 1 is 1.24 bits per heavy atom. The molecule has 0 aliphatic carbocycles. The molecule has 0 amide bonds. The number of rotatable bonds is 2. The Morgan fingerprint density at radius 2 is 2.00 bits per heavy atom. The number of nitrogens with zero attached hydrogens (tertiary/aromatic N) is 3. The van der Waals surface area contributed by atoms with Crippen LogP contribution in [0.15, 0.2) is 39.8 Å². The zero-order chi connectivity index (χ0) is 12.3. The molecule has 0 fully saturated rings. The quantitative estimate of drug-likeness (QED) is 0.575. The van der Waals surface area contributed by atoms with Gasteiger partial charge in [-0.3, -0.25) is 0 Å². The highest BCUT2D eigenvalue weighted by molar-refractivity contribution is 7.07. The van der Waals surface area contributed by atoms with Crippen molar-refractivity contribution in [3.05, 3.63) is 51.3 Å². The van der Waals surface area contributed by atoms with Crippen LogP contribution in [0, 0.1) is 13.8 Å². The maximum absolute atomic E-state index is 4.21. The van der Waals surface area contributed by atoms with Crippen LogP contribution in [0.25, 0.3) is 0 Å². The van der Waals surface area contributed by atoms with E-state index in [0.29, 0.717) is 0 Å². The largest absolute Gasteiger partial charge is 0.323 e. The molecule has 0 atom stereocenters. The Hall–Kier alpha value is -1.68. The Bertz CT molecular complexity index is 605. The second kappa shape index (κ2) is 5.10. The summed E-state index contributed by atoms with van der Waals surface area (Å²) in [5.74, 6) is 0. The lowest BCUT2D eigenvalue weighted by Crippen LogP contribution is -2.10. The molecule has 2 aromatic rings. The first-order valence-electron chi connectivity index (χ1n) is 5.42. The number of aryl methyl sites for hydroxylation is 2. The first-order valence-corrected chi connectivity index (χ1v) is 6.30. The molecule has 0 bridgehead atoms. The van der Waals surface area contributed by atoms with Crippen LogP contribution in [-0.4, -0.2) is 10.8 Å². The lowest BCUT2D eigenvalue weighted by Gasteiger charge is -1.96. The summed E-state index contributed by atoms with van der Waals surface area (Å²) in [6.45, 7) is 4.12. The van der Waals surface area contributed by atoms with Crippen LogP contribution in [0.1, 0.15) is 16.8 Å². The van der Waals surface area contributed by atoms with E-state index < -0.39 is 0 Å². The van der Waals surface area contributed by atoms with Gasteiger partial charge >= 0.3 is 0 Å². The summed E-state index contributed by atoms with van der Waals surface area (Å²) in [7, 11) is 1.99. The molecule has 88 valence electrons. The fourth-order valence-corrected chi connectivity index (χ4v) is 2.24. The van der Waals surface area contributed by atoms with Crippen LogP contribution >= 0.6 is 11.3 Å². The van der Waals surface area contributed by atoms with Crippen molar-refractivity contribution < 1.29 is 0 Å². The van der Waals surface area contributed by atoms with E-state index in [1.807, 2.05) is 29.8 Å². The summed E-state index contributed by atoms with van der Waals surface area (Å²) in [4.78, 5) is 0.910. The maximum atomic E-state index is 4.21. The molecule has 0 aliphatic heterocycles. The topological polar surface area (TPSA) is 29.6 Å². The zero-order valence-corrected chi connectivity index (χ0v) is 11.0. The summed E-state index contributed by atoms with van der Waals surface area (Å²) in [5, 5.41) is 10.4. The van der Waals surface area contributed by atoms with Gasteiger partial charge in [0, 0.05) is 18.1 Å². The Labute approximate surface area is 105 Å². The van der Waals surface area contributed by atoms with Crippen LogP contribution in [0.4, 0.5) is 0 Å². The molecule has 1 heterocycles. The van der Waals surface area contributed by atoms with E-state index in [0.717, 1.165) is 10.4 Å². The van der Waals surface area contributed by atoms with Crippen molar-refractivity contribution in [3.63, 3.8) is 0 Å². The minimum atomic E-state index is 0.910. The molecule has 0 spiro atoms. The monoisotopic (exact) mass is 245 g/mol. The molecule has 0 saturated carbocycles. The molecular formula is C13H15N3S. The van der Waals surface area contributed by atoms with Crippen LogP contribution in [0.3, 0.4) is 0 Å². The lowest BCUT2D eigenvalue weighted by atomic mass is 10.1. The van der Waals surface area contributed by atoms with E-state index >= 15 is 0 Å². The predicted octanol–water partition coefficient (Wildman–Crippen LogP) is 2.64. The maximum Gasteiger partial charge on any atom is 0.210 e. The normalized spacial score (nSPS) is 12.5. The lowest BCUT2D eigenvalue weighted by molar-refractivity contribution is 0.820. The zero-order valence-electron chi connectivity index (χ0n) is 10.2. The van der Waals surface area contributed by atoms with Gasteiger partial charge in [-0.1, -0.05) is 24.3 Å². The molecule has 1 aromatic carbocycles. The van der Waals surface area contributed by atoms with Crippen molar-refractivity contribution in [2.45, 2.75) is 13.8 Å². The molecule has 3 nitrogen and oxygen atoms in total. The molecule has 1 aromatic heterocycles. The van der Waals surface area contributed by atoms with Gasteiger partial charge in [-0.2, -0.15) is 5.10 Å². The first kappa shape index (κ1) is 11.8. The fourth-order valence-electron chi connectivity index (χ4n) is 1.41. The molecule has 0 saturated heterocycles. The van der Waals surface area contributed by atoms with Gasteiger partial charge in [0.25, 0.3) is 0 Å². The third-order valence-electron chi connectivity index (χ3n) is 2.68. The van der Waals surface area contributed by atoms with Crippen LogP contribution in [0.5, 0.6) is 0 Å². The number of thiazole rings is 1. The minimum absolute atomic E-state index is 0.910. The molecule has 2 rings (SSSR count). The Morgan fingerprint density at radius 3 is 2.65 bits per heavy atom. The molecule has 4 heteroatoms. The van der Waals surface area contributed by atoms with Gasteiger partial charge in [-0.25, -0.2) is 0 Å². The number of hydrogen-bond donors (Lipinski definition) is 0. The first-order chi connectivity index (χ1) is 8.18. The third kappa shape index (κ3) is 2.71. The van der Waals surface area contributed by atoms with Crippen molar-refractivity contribution in [1.82, 2.24) is 4.57 Å². The van der Waals surface area contributed by atoms with E-state index in [1.165, 1.54) is 11.3 Å². The van der Waals surface area contributed by atoms with Gasteiger partial charge in [0.15, 0.2) is 0 Å². The smallest absolute Gasteiger partial charge is 0.210 e. The summed E-state index contributed by atoms with van der Waals surface area (Å²) < 4.78 is 2.03. The summed E-state index contributed by atoms with van der Waals surface area (Å²) in [6.07, 6.45) is 1.80. The van der Waals surface area contributed by atoms with Gasteiger partial charge in [-0.15, -0.1) is 16.4 Å². The molecule has 0 radical (unpaired) electrons. The number of aromatic nitrogens is 1. The number of benzene rings is 1. The predicted molar refractivity (Wildman–Crippen MR) is 72.4 cm³/mol. The second-order valence-electron chi connectivity index (χ2n) is 3.92. The van der Waals surface area contributed by atoms with E-state index in [4.69, 9.17) is 0 Å². The van der Waals surface area contributed by atoms with E-state index in [-0.39, 0.29) is 0 Å². The highest BCUT2D eigenvalue weighted by Gasteiger charge is 1.94. The number of hydrogen-bond acceptors (Lipinski definition) is 3. The average molecular weight is 245 g/mol. The van der Waals surface area contributed by atoms with Gasteiger partial charge in [-0.05, 0) is 25.0 Å². The summed E-state index contributed by atoms with van der Waals surface area (Å²) in [6, 6.07) is 8.13. The Balaban J connectivity index is 2.26. The fraction of sp³-hybridized carbons (Fsp3) is 0.231. The summed E-state index contributed by atoms with van der Waals surface area (Å²) in [5.41, 5.74) is 3.50. The minimum Gasteiger partial charge on any atom is -0.323 e. The van der Waals surface area contributed by atoms with Crippen molar-refractivity contribution in [3.8, 4) is 0 Å². The van der Waals surface area contributed by atoms with E-state index in [2.05, 4.69) is 35.5 Å². The SMILES string of the molecule is Cc1ccccc1/C=N/N=c1/scc(C)n1C. The van der Waals surface area contributed by atoms with Crippen molar-refractivity contribution in [2.75, 3.05) is 0 Å². The average Bonchev–Trinajstić information content (AvgIpc) is 2.63. The van der Waals surface area contributed by atoms with Crippen LogP contribution < -0.4 is 4.80 Å². The Kier molecular flexibility index (Phi) is 3.54. The molecule has 0 aliphatic rings. The van der Waals surface area contributed by atoms with Gasteiger partial charge in [0.1, 0.15) is 0 Å². The molecule has 0 unspecified atom stereocenters. The molecule has 0 N–H and O–H groups in total. The molecule has 17 heavy (non-hydrogen) atoms. The van der Waals surface area contributed by atoms with Crippen molar-refractivity contribution in [2.24, 2.45) is 17.3 Å². The van der Waals surface area contributed by atoms with Gasteiger partial charge in [0.2, 0.25) is 4.80 Å².